The predicted molar refractivity (Wildman–Crippen MR) is 72.5 cm³/mol. The largest absolute Gasteiger partial charge is 0.395 e. The number of halogens is 1. The second-order valence-corrected chi connectivity index (χ2v) is 6.85. The number of pyridine rings is 1. The van der Waals surface area contributed by atoms with Crippen LogP contribution >= 0.6 is 11.6 Å². The molecule has 1 aliphatic rings. The molecule has 1 fully saturated rings. The second kappa shape index (κ2) is 6.17. The van der Waals surface area contributed by atoms with Crippen molar-refractivity contribution in [1.29, 1.82) is 0 Å². The van der Waals surface area contributed by atoms with Crippen molar-refractivity contribution in [3.63, 3.8) is 0 Å². The quantitative estimate of drug-likeness (QED) is 0.898. The molecule has 1 N–H and O–H groups in total. The van der Waals surface area contributed by atoms with Gasteiger partial charge < -0.3 is 5.11 Å². The summed E-state index contributed by atoms with van der Waals surface area (Å²) in [5.41, 5.74) is 0. The lowest BCUT2D eigenvalue weighted by Crippen LogP contribution is -2.40. The third-order valence-electron chi connectivity index (χ3n) is 3.37. The number of aliphatic hydroxyl groups excluding tert-OH is 1. The molecule has 0 unspecified atom stereocenters. The third kappa shape index (κ3) is 3.08. The summed E-state index contributed by atoms with van der Waals surface area (Å²) < 4.78 is 26.6. The highest BCUT2D eigenvalue weighted by atomic mass is 35.5. The lowest BCUT2D eigenvalue weighted by atomic mass is 10.2. The van der Waals surface area contributed by atoms with Crippen molar-refractivity contribution in [3.8, 4) is 0 Å². The van der Waals surface area contributed by atoms with Crippen LogP contribution in [0.15, 0.2) is 23.4 Å². The van der Waals surface area contributed by atoms with Gasteiger partial charge in [0, 0.05) is 25.0 Å². The van der Waals surface area contributed by atoms with Crippen LogP contribution < -0.4 is 0 Å². The van der Waals surface area contributed by atoms with Gasteiger partial charge in [-0.2, -0.15) is 4.31 Å². The first kappa shape index (κ1) is 14.7. The van der Waals surface area contributed by atoms with Gasteiger partial charge in [0.1, 0.15) is 4.90 Å². The Kier molecular flexibility index (Phi) is 4.78. The van der Waals surface area contributed by atoms with E-state index in [9.17, 15) is 8.42 Å². The average Bonchev–Trinajstić information content (AvgIpc) is 2.89. The molecular formula is C12H17ClN2O3S. The smallest absolute Gasteiger partial charge is 0.246 e. The monoisotopic (exact) mass is 304 g/mol. The normalized spacial score (nSPS) is 17.2. The van der Waals surface area contributed by atoms with Gasteiger partial charge in [-0.05, 0) is 18.9 Å². The van der Waals surface area contributed by atoms with Crippen LogP contribution in [0.5, 0.6) is 0 Å². The Bertz CT molecular complexity index is 530. The zero-order valence-corrected chi connectivity index (χ0v) is 12.1. The molecule has 0 spiro atoms. The molecule has 1 aromatic rings. The first-order valence-corrected chi connectivity index (χ1v) is 8.11. The molecule has 0 bridgehead atoms. The van der Waals surface area contributed by atoms with E-state index in [-0.39, 0.29) is 29.1 Å². The van der Waals surface area contributed by atoms with Crippen LogP contribution in [0.4, 0.5) is 0 Å². The van der Waals surface area contributed by atoms with Crippen LogP contribution in [0.1, 0.15) is 25.7 Å². The number of rotatable bonds is 5. The second-order valence-electron chi connectivity index (χ2n) is 4.58. The Morgan fingerprint density at radius 3 is 2.68 bits per heavy atom. The van der Waals surface area contributed by atoms with Gasteiger partial charge in [0.2, 0.25) is 10.0 Å². The summed E-state index contributed by atoms with van der Waals surface area (Å²) in [4.78, 5) is 3.84. The van der Waals surface area contributed by atoms with Gasteiger partial charge in [-0.25, -0.2) is 8.42 Å². The third-order valence-corrected chi connectivity index (χ3v) is 5.79. The fraction of sp³-hybridized carbons (Fsp3) is 0.583. The molecule has 19 heavy (non-hydrogen) atoms. The minimum Gasteiger partial charge on any atom is -0.395 e. The minimum atomic E-state index is -3.70. The predicted octanol–water partition coefficient (Wildman–Crippen LogP) is 1.66. The zero-order chi connectivity index (χ0) is 13.9. The maximum absolute atomic E-state index is 12.6. The highest BCUT2D eigenvalue weighted by molar-refractivity contribution is 7.89. The van der Waals surface area contributed by atoms with E-state index in [0.717, 1.165) is 25.7 Å². The lowest BCUT2D eigenvalue weighted by molar-refractivity contribution is 0.226. The molecule has 0 aromatic carbocycles. The van der Waals surface area contributed by atoms with Crippen LogP contribution in [-0.2, 0) is 10.0 Å². The van der Waals surface area contributed by atoms with E-state index in [2.05, 4.69) is 4.98 Å². The van der Waals surface area contributed by atoms with Gasteiger partial charge in [-0.3, -0.25) is 4.98 Å². The summed E-state index contributed by atoms with van der Waals surface area (Å²) >= 11 is 5.95. The van der Waals surface area contributed by atoms with Crippen molar-refractivity contribution in [2.45, 2.75) is 36.6 Å². The molecule has 7 heteroatoms. The van der Waals surface area contributed by atoms with E-state index in [1.807, 2.05) is 0 Å². The van der Waals surface area contributed by atoms with E-state index < -0.39 is 10.0 Å². The highest BCUT2D eigenvalue weighted by Crippen LogP contribution is 2.30. The van der Waals surface area contributed by atoms with Crippen LogP contribution in [0.3, 0.4) is 0 Å². The van der Waals surface area contributed by atoms with Crippen LogP contribution in [0, 0.1) is 0 Å². The molecule has 106 valence electrons. The van der Waals surface area contributed by atoms with Gasteiger partial charge in [-0.15, -0.1) is 0 Å². The zero-order valence-electron chi connectivity index (χ0n) is 10.5. The Morgan fingerprint density at radius 2 is 2.11 bits per heavy atom. The molecule has 0 amide bonds. The Hall–Kier alpha value is -0.690. The van der Waals surface area contributed by atoms with Crippen molar-refractivity contribution in [3.05, 3.63) is 23.5 Å². The summed E-state index contributed by atoms with van der Waals surface area (Å²) in [7, 11) is -3.70. The van der Waals surface area contributed by atoms with Gasteiger partial charge in [0.05, 0.1) is 11.6 Å². The number of hydrogen-bond acceptors (Lipinski definition) is 4. The molecule has 1 aliphatic carbocycles. The molecular weight excluding hydrogens is 288 g/mol. The summed E-state index contributed by atoms with van der Waals surface area (Å²) in [6.45, 7) is -0.105. The fourth-order valence-corrected chi connectivity index (χ4v) is 4.55. The molecule has 0 saturated heterocycles. The number of aromatic nitrogens is 1. The minimum absolute atomic E-state index is 0.0111. The molecule has 1 heterocycles. The average molecular weight is 305 g/mol. The molecule has 1 aromatic heterocycles. The fourth-order valence-electron chi connectivity index (χ4n) is 2.47. The highest BCUT2D eigenvalue weighted by Gasteiger charge is 2.34. The van der Waals surface area contributed by atoms with E-state index in [4.69, 9.17) is 16.7 Å². The van der Waals surface area contributed by atoms with Crippen molar-refractivity contribution in [2.75, 3.05) is 13.2 Å². The number of sulfonamides is 1. The first-order valence-electron chi connectivity index (χ1n) is 6.29. The molecule has 1 saturated carbocycles. The Morgan fingerprint density at radius 1 is 1.42 bits per heavy atom. The molecule has 0 radical (unpaired) electrons. The lowest BCUT2D eigenvalue weighted by Gasteiger charge is -2.27. The first-order chi connectivity index (χ1) is 9.07. The summed E-state index contributed by atoms with van der Waals surface area (Å²) in [5, 5.41) is 9.28. The van der Waals surface area contributed by atoms with Gasteiger partial charge in [0.15, 0.2) is 0 Å². The Labute approximate surface area is 118 Å². The van der Waals surface area contributed by atoms with Gasteiger partial charge in [0.25, 0.3) is 0 Å². The summed E-state index contributed by atoms with van der Waals surface area (Å²) in [5.74, 6) is 0. The topological polar surface area (TPSA) is 70.5 Å². The molecule has 0 aliphatic heterocycles. The maximum Gasteiger partial charge on any atom is 0.246 e. The number of nitrogens with zero attached hydrogens (tertiary/aromatic N) is 2. The standard InChI is InChI=1S/C12H17ClN2O3S/c13-11-5-6-14-9-12(11)19(17,18)15(7-8-16)10-3-1-2-4-10/h5-6,9-10,16H,1-4,7-8H2. The van der Waals surface area contributed by atoms with Gasteiger partial charge in [-0.1, -0.05) is 24.4 Å². The Balaban J connectivity index is 2.36. The summed E-state index contributed by atoms with van der Waals surface area (Å²) in [6, 6.07) is 1.41. The van der Waals surface area contributed by atoms with E-state index in [1.165, 1.54) is 22.8 Å². The van der Waals surface area contributed by atoms with E-state index >= 15 is 0 Å². The van der Waals surface area contributed by atoms with E-state index in [0.29, 0.717) is 0 Å². The van der Waals surface area contributed by atoms with Crippen molar-refractivity contribution < 1.29 is 13.5 Å². The number of hydrogen-bond donors (Lipinski definition) is 1. The van der Waals surface area contributed by atoms with Crippen molar-refractivity contribution >= 4 is 21.6 Å². The molecule has 0 atom stereocenters. The maximum atomic E-state index is 12.6. The number of aliphatic hydroxyl groups is 1. The van der Waals surface area contributed by atoms with Crippen molar-refractivity contribution in [1.82, 2.24) is 9.29 Å². The van der Waals surface area contributed by atoms with E-state index in [1.54, 1.807) is 0 Å². The van der Waals surface area contributed by atoms with Crippen LogP contribution in [-0.4, -0.2) is 42.0 Å². The van der Waals surface area contributed by atoms with Crippen molar-refractivity contribution in [2.24, 2.45) is 0 Å². The SMILES string of the molecule is O=S(=O)(c1cnccc1Cl)N(CCO)C1CCCC1. The van der Waals surface area contributed by atoms with Crippen LogP contribution in [0.25, 0.3) is 0 Å². The molecule has 5 nitrogen and oxygen atoms in total. The van der Waals surface area contributed by atoms with Gasteiger partial charge >= 0.3 is 0 Å². The molecule has 2 rings (SSSR count). The summed E-state index contributed by atoms with van der Waals surface area (Å²) in [6.07, 6.45) is 6.41. The van der Waals surface area contributed by atoms with Crippen LogP contribution in [0.2, 0.25) is 5.02 Å².